The van der Waals surface area contributed by atoms with Gasteiger partial charge in [-0.1, -0.05) is 13.8 Å². The van der Waals surface area contributed by atoms with Crippen LogP contribution < -0.4 is 0 Å². The molecule has 0 amide bonds. The van der Waals surface area contributed by atoms with Crippen LogP contribution in [0.5, 0.6) is 0 Å². The first kappa shape index (κ1) is 9.47. The smallest absolute Gasteiger partial charge is 0.0625 e. The first-order valence-corrected chi connectivity index (χ1v) is 5.36. The molecule has 2 heterocycles. The zero-order chi connectivity index (χ0) is 9.64. The predicted molar refractivity (Wildman–Crippen MR) is 53.7 cm³/mol. The van der Waals surface area contributed by atoms with E-state index in [0.29, 0.717) is 17.5 Å². The average molecular weight is 183 g/mol. The molecule has 2 fully saturated rings. The van der Waals surface area contributed by atoms with Gasteiger partial charge in [-0.25, -0.2) is 0 Å². The fourth-order valence-electron chi connectivity index (χ4n) is 2.89. The Morgan fingerprint density at radius 3 is 2.62 bits per heavy atom. The Bertz CT molecular complexity index is 200. The van der Waals surface area contributed by atoms with E-state index in [1.54, 1.807) is 0 Å². The lowest BCUT2D eigenvalue weighted by Gasteiger charge is -2.27. The minimum atomic E-state index is 0.450. The molecule has 0 aromatic carbocycles. The van der Waals surface area contributed by atoms with Crippen LogP contribution in [-0.4, -0.2) is 36.7 Å². The molecule has 2 unspecified atom stereocenters. The van der Waals surface area contributed by atoms with Gasteiger partial charge in [0.2, 0.25) is 0 Å². The fraction of sp³-hybridized carbons (Fsp3) is 1.00. The number of ether oxygens (including phenoxy) is 1. The molecule has 76 valence electrons. The Balaban J connectivity index is 2.18. The van der Waals surface area contributed by atoms with E-state index in [-0.39, 0.29) is 0 Å². The molecule has 0 saturated carbocycles. The molecular formula is C11H21NO. The Morgan fingerprint density at radius 2 is 2.00 bits per heavy atom. The maximum atomic E-state index is 5.59. The van der Waals surface area contributed by atoms with E-state index in [9.17, 15) is 0 Å². The van der Waals surface area contributed by atoms with E-state index < -0.39 is 0 Å². The first-order valence-electron chi connectivity index (χ1n) is 5.36. The van der Waals surface area contributed by atoms with Crippen molar-refractivity contribution in [2.24, 2.45) is 11.3 Å². The van der Waals surface area contributed by atoms with Crippen LogP contribution in [0, 0.1) is 11.3 Å². The molecule has 0 radical (unpaired) electrons. The van der Waals surface area contributed by atoms with Crippen LogP contribution in [0.3, 0.4) is 0 Å². The lowest BCUT2D eigenvalue weighted by Crippen LogP contribution is -2.38. The van der Waals surface area contributed by atoms with E-state index in [1.807, 2.05) is 0 Å². The third-order valence-electron chi connectivity index (χ3n) is 3.73. The highest BCUT2D eigenvalue weighted by molar-refractivity contribution is 5.01. The van der Waals surface area contributed by atoms with Gasteiger partial charge in [-0.15, -0.1) is 0 Å². The van der Waals surface area contributed by atoms with Gasteiger partial charge in [-0.05, 0) is 19.3 Å². The van der Waals surface area contributed by atoms with E-state index in [4.69, 9.17) is 4.74 Å². The number of nitrogens with zero attached hydrogens (tertiary/aromatic N) is 1. The second-order valence-electron chi connectivity index (χ2n) is 5.47. The molecule has 2 nitrogen and oxygen atoms in total. The summed E-state index contributed by atoms with van der Waals surface area (Å²) in [6, 6.07) is 1.35. The summed E-state index contributed by atoms with van der Waals surface area (Å²) in [6.45, 7) is 12.5. The quantitative estimate of drug-likeness (QED) is 0.614. The SMILES string of the molecule is CC(C)N1CC(C)(C)C2COCC21. The first-order chi connectivity index (χ1) is 6.02. The lowest BCUT2D eigenvalue weighted by molar-refractivity contribution is 0.108. The lowest BCUT2D eigenvalue weighted by atomic mass is 9.80. The summed E-state index contributed by atoms with van der Waals surface area (Å²) in [6.07, 6.45) is 0. The summed E-state index contributed by atoms with van der Waals surface area (Å²) in [4.78, 5) is 2.61. The van der Waals surface area contributed by atoms with Crippen molar-refractivity contribution in [2.45, 2.75) is 39.8 Å². The van der Waals surface area contributed by atoms with Crippen molar-refractivity contribution >= 4 is 0 Å². The standard InChI is InChI=1S/C11H21NO/c1-8(2)12-7-11(3,4)9-5-13-6-10(9)12/h8-10H,5-7H2,1-4H3. The van der Waals surface area contributed by atoms with Gasteiger partial charge in [0.15, 0.2) is 0 Å². The highest BCUT2D eigenvalue weighted by atomic mass is 16.5. The van der Waals surface area contributed by atoms with Gasteiger partial charge in [-0.2, -0.15) is 0 Å². The van der Waals surface area contributed by atoms with E-state index >= 15 is 0 Å². The minimum Gasteiger partial charge on any atom is -0.379 e. The van der Waals surface area contributed by atoms with Crippen molar-refractivity contribution in [1.82, 2.24) is 4.90 Å². The average Bonchev–Trinajstić information content (AvgIpc) is 2.53. The van der Waals surface area contributed by atoms with Crippen LogP contribution in [0.2, 0.25) is 0 Å². The molecular weight excluding hydrogens is 162 g/mol. The summed E-state index contributed by atoms with van der Waals surface area (Å²) in [5.41, 5.74) is 0.450. The minimum absolute atomic E-state index is 0.450. The van der Waals surface area contributed by atoms with Crippen molar-refractivity contribution in [1.29, 1.82) is 0 Å². The van der Waals surface area contributed by atoms with Crippen LogP contribution in [-0.2, 0) is 4.74 Å². The Hall–Kier alpha value is -0.0800. The summed E-state index contributed by atoms with van der Waals surface area (Å²) in [7, 11) is 0. The molecule has 2 atom stereocenters. The third kappa shape index (κ3) is 1.40. The zero-order valence-electron chi connectivity index (χ0n) is 9.21. The van der Waals surface area contributed by atoms with Crippen LogP contribution in [0.25, 0.3) is 0 Å². The summed E-state index contributed by atoms with van der Waals surface area (Å²) in [5, 5.41) is 0. The predicted octanol–water partition coefficient (Wildman–Crippen LogP) is 1.75. The fourth-order valence-corrected chi connectivity index (χ4v) is 2.89. The van der Waals surface area contributed by atoms with Crippen LogP contribution in [0.15, 0.2) is 0 Å². The van der Waals surface area contributed by atoms with Crippen molar-refractivity contribution in [2.75, 3.05) is 19.8 Å². The molecule has 0 aromatic heterocycles. The van der Waals surface area contributed by atoms with Gasteiger partial charge in [0.1, 0.15) is 0 Å². The van der Waals surface area contributed by atoms with E-state index in [2.05, 4.69) is 32.6 Å². The van der Waals surface area contributed by atoms with Crippen LogP contribution >= 0.6 is 0 Å². The van der Waals surface area contributed by atoms with E-state index in [1.165, 1.54) is 6.54 Å². The van der Waals surface area contributed by atoms with E-state index in [0.717, 1.165) is 19.1 Å². The van der Waals surface area contributed by atoms with Gasteiger partial charge >= 0.3 is 0 Å². The highest BCUT2D eigenvalue weighted by Gasteiger charge is 2.50. The van der Waals surface area contributed by atoms with Crippen molar-refractivity contribution in [3.8, 4) is 0 Å². The monoisotopic (exact) mass is 183 g/mol. The van der Waals surface area contributed by atoms with Crippen molar-refractivity contribution in [3.05, 3.63) is 0 Å². The van der Waals surface area contributed by atoms with Gasteiger partial charge in [0.05, 0.1) is 13.2 Å². The van der Waals surface area contributed by atoms with Gasteiger partial charge in [0, 0.05) is 24.5 Å². The maximum absolute atomic E-state index is 5.59. The largest absolute Gasteiger partial charge is 0.379 e. The normalized spacial score (nSPS) is 38.5. The molecule has 0 aliphatic carbocycles. The molecule has 2 aliphatic rings. The number of fused-ring (bicyclic) bond motifs is 1. The van der Waals surface area contributed by atoms with Gasteiger partial charge in [-0.3, -0.25) is 4.90 Å². The number of likely N-dealkylation sites (tertiary alicyclic amines) is 1. The number of rotatable bonds is 1. The Morgan fingerprint density at radius 1 is 1.31 bits per heavy atom. The van der Waals surface area contributed by atoms with Crippen molar-refractivity contribution in [3.63, 3.8) is 0 Å². The molecule has 0 aromatic rings. The molecule has 2 rings (SSSR count). The zero-order valence-corrected chi connectivity index (χ0v) is 9.21. The molecule has 2 aliphatic heterocycles. The van der Waals surface area contributed by atoms with Gasteiger partial charge < -0.3 is 4.74 Å². The topological polar surface area (TPSA) is 12.5 Å². The molecule has 2 saturated heterocycles. The summed E-state index contributed by atoms with van der Waals surface area (Å²) >= 11 is 0. The van der Waals surface area contributed by atoms with Gasteiger partial charge in [0.25, 0.3) is 0 Å². The Labute approximate surface area is 81.3 Å². The second-order valence-corrected chi connectivity index (χ2v) is 5.47. The van der Waals surface area contributed by atoms with Crippen LogP contribution in [0.4, 0.5) is 0 Å². The molecule has 13 heavy (non-hydrogen) atoms. The van der Waals surface area contributed by atoms with Crippen molar-refractivity contribution < 1.29 is 4.74 Å². The molecule has 0 N–H and O–H groups in total. The van der Waals surface area contributed by atoms with Crippen LogP contribution in [0.1, 0.15) is 27.7 Å². The summed E-state index contributed by atoms with van der Waals surface area (Å²) in [5.74, 6) is 0.759. The summed E-state index contributed by atoms with van der Waals surface area (Å²) < 4.78 is 5.59. The number of hydrogen-bond acceptors (Lipinski definition) is 2. The second kappa shape index (κ2) is 2.96. The molecule has 0 bridgehead atoms. The molecule has 0 spiro atoms. The number of hydrogen-bond donors (Lipinski definition) is 0. The third-order valence-corrected chi connectivity index (χ3v) is 3.73. The Kier molecular flexibility index (Phi) is 2.16. The maximum Gasteiger partial charge on any atom is 0.0625 e. The highest BCUT2D eigenvalue weighted by Crippen LogP contribution is 2.43. The molecule has 2 heteroatoms.